The van der Waals surface area contributed by atoms with E-state index in [-0.39, 0.29) is 18.4 Å². The fourth-order valence-corrected chi connectivity index (χ4v) is 1.93. The number of rotatable bonds is 5. The Bertz CT molecular complexity index is 376. The average molecular weight is 242 g/mol. The molecule has 0 spiro atoms. The van der Waals surface area contributed by atoms with Gasteiger partial charge in [-0.2, -0.15) is 0 Å². The van der Waals surface area contributed by atoms with Gasteiger partial charge in [-0.1, -0.05) is 0 Å². The Morgan fingerprint density at radius 2 is 2.25 bits per heavy atom. The summed E-state index contributed by atoms with van der Waals surface area (Å²) in [5, 5.41) is 7.55. The molecule has 0 unspecified atom stereocenters. The van der Waals surface area contributed by atoms with Gasteiger partial charge in [-0.15, -0.1) is 11.3 Å². The third kappa shape index (κ3) is 4.00. The Morgan fingerprint density at radius 3 is 2.88 bits per heavy atom. The lowest BCUT2D eigenvalue weighted by Gasteiger charge is -2.05. The molecule has 0 fully saturated rings. The van der Waals surface area contributed by atoms with Gasteiger partial charge >= 0.3 is 5.97 Å². The number of carbonyl (C=O) groups excluding carboxylic acids is 2. The van der Waals surface area contributed by atoms with Gasteiger partial charge in [0, 0.05) is 18.3 Å². The minimum absolute atomic E-state index is 0.104. The van der Waals surface area contributed by atoms with Gasteiger partial charge in [0.1, 0.15) is 0 Å². The Balaban J connectivity index is 2.44. The van der Waals surface area contributed by atoms with E-state index in [2.05, 4.69) is 15.4 Å². The normalized spacial score (nSPS) is 9.88. The highest BCUT2D eigenvalue weighted by atomic mass is 32.1. The molecule has 1 aromatic heterocycles. The highest BCUT2D eigenvalue weighted by molar-refractivity contribution is 7.10. The number of hydrogen-bond donors (Lipinski definition) is 2. The van der Waals surface area contributed by atoms with Gasteiger partial charge in [0.15, 0.2) is 0 Å². The maximum absolute atomic E-state index is 10.9. The van der Waals surface area contributed by atoms with Crippen molar-refractivity contribution < 1.29 is 14.3 Å². The van der Waals surface area contributed by atoms with Crippen molar-refractivity contribution in [3.8, 4) is 0 Å². The van der Waals surface area contributed by atoms with E-state index in [0.717, 1.165) is 10.6 Å². The number of ether oxygens (including phenoxy) is 1. The molecule has 0 aromatic carbocycles. The van der Waals surface area contributed by atoms with E-state index < -0.39 is 0 Å². The van der Waals surface area contributed by atoms with Gasteiger partial charge in [0.25, 0.3) is 0 Å². The summed E-state index contributed by atoms with van der Waals surface area (Å²) in [4.78, 5) is 22.7. The van der Waals surface area contributed by atoms with Crippen LogP contribution in [0.2, 0.25) is 0 Å². The summed E-state index contributed by atoms with van der Waals surface area (Å²) in [6, 6.07) is 1.83. The lowest BCUT2D eigenvalue weighted by molar-refractivity contribution is -0.139. The number of esters is 1. The molecule has 88 valence electrons. The van der Waals surface area contributed by atoms with Crippen molar-refractivity contribution in [1.82, 2.24) is 5.32 Å². The molecule has 1 rings (SSSR count). The molecule has 16 heavy (non-hydrogen) atoms. The van der Waals surface area contributed by atoms with Crippen LogP contribution >= 0.6 is 11.3 Å². The van der Waals surface area contributed by atoms with Crippen molar-refractivity contribution in [2.24, 2.45) is 0 Å². The second-order valence-corrected chi connectivity index (χ2v) is 4.12. The van der Waals surface area contributed by atoms with Crippen LogP contribution in [0.15, 0.2) is 11.4 Å². The van der Waals surface area contributed by atoms with Crippen molar-refractivity contribution >= 4 is 28.9 Å². The molecule has 0 aliphatic heterocycles. The number of thiophene rings is 1. The Kier molecular flexibility index (Phi) is 4.94. The van der Waals surface area contributed by atoms with Crippen LogP contribution < -0.4 is 10.6 Å². The van der Waals surface area contributed by atoms with Crippen molar-refractivity contribution in [1.29, 1.82) is 0 Å². The van der Waals surface area contributed by atoms with Crippen LogP contribution in [0.4, 0.5) is 5.69 Å². The lowest BCUT2D eigenvalue weighted by atomic mass is 10.3. The summed E-state index contributed by atoms with van der Waals surface area (Å²) >= 11 is 1.52. The van der Waals surface area contributed by atoms with Crippen LogP contribution in [-0.4, -0.2) is 25.5 Å². The molecule has 1 heterocycles. The summed E-state index contributed by atoms with van der Waals surface area (Å²) in [7, 11) is 1.35. The van der Waals surface area contributed by atoms with E-state index >= 15 is 0 Å². The van der Waals surface area contributed by atoms with Crippen LogP contribution in [0.5, 0.6) is 0 Å². The van der Waals surface area contributed by atoms with Crippen LogP contribution in [0.25, 0.3) is 0 Å². The third-order valence-corrected chi connectivity index (χ3v) is 2.76. The third-order valence-electron chi connectivity index (χ3n) is 1.84. The number of anilines is 1. The van der Waals surface area contributed by atoms with E-state index in [4.69, 9.17) is 0 Å². The van der Waals surface area contributed by atoms with Gasteiger partial charge in [-0.25, -0.2) is 0 Å². The maximum atomic E-state index is 10.9. The highest BCUT2D eigenvalue weighted by Crippen LogP contribution is 2.21. The molecule has 0 bridgehead atoms. The smallest absolute Gasteiger partial charge is 0.319 e. The predicted molar refractivity (Wildman–Crippen MR) is 62.3 cm³/mol. The quantitative estimate of drug-likeness (QED) is 0.755. The maximum Gasteiger partial charge on any atom is 0.319 e. The summed E-state index contributed by atoms with van der Waals surface area (Å²) in [5.41, 5.74) is 0.787. The van der Waals surface area contributed by atoms with Crippen LogP contribution in [0.3, 0.4) is 0 Å². The molecule has 2 N–H and O–H groups in total. The molecule has 6 heteroatoms. The number of methoxy groups -OCH3 is 1. The molecule has 0 saturated heterocycles. The molecule has 5 nitrogen and oxygen atoms in total. The number of carbonyl (C=O) groups is 2. The Hall–Kier alpha value is -1.40. The first-order valence-corrected chi connectivity index (χ1v) is 5.63. The first-order chi connectivity index (χ1) is 7.63. The number of amides is 1. The van der Waals surface area contributed by atoms with Crippen LogP contribution in [0.1, 0.15) is 11.8 Å². The summed E-state index contributed by atoms with van der Waals surface area (Å²) in [6.45, 7) is 2.15. The standard InChI is InChI=1S/C10H14N2O3S/c1-7(13)12-8-3-4-16-9(8)5-11-6-10(14)15-2/h3-4,11H,5-6H2,1-2H3,(H,12,13). The van der Waals surface area contributed by atoms with E-state index in [1.54, 1.807) is 0 Å². The molecule has 0 radical (unpaired) electrons. The SMILES string of the molecule is COC(=O)CNCc1sccc1NC(C)=O. The van der Waals surface area contributed by atoms with Gasteiger partial charge in [0.2, 0.25) is 5.91 Å². The molecule has 1 amide bonds. The monoisotopic (exact) mass is 242 g/mol. The van der Waals surface area contributed by atoms with Crippen LogP contribution in [-0.2, 0) is 20.9 Å². The molecule has 0 atom stereocenters. The second kappa shape index (κ2) is 6.24. The zero-order valence-electron chi connectivity index (χ0n) is 9.20. The minimum Gasteiger partial charge on any atom is -0.468 e. The van der Waals surface area contributed by atoms with E-state index in [0.29, 0.717) is 6.54 Å². The molecule has 0 saturated carbocycles. The van der Waals surface area contributed by atoms with E-state index in [1.807, 2.05) is 11.4 Å². The highest BCUT2D eigenvalue weighted by Gasteiger charge is 2.06. The fraction of sp³-hybridized carbons (Fsp3) is 0.400. The summed E-state index contributed by atoms with van der Waals surface area (Å²) < 4.78 is 4.50. The number of hydrogen-bond acceptors (Lipinski definition) is 5. The Labute approximate surface area is 97.8 Å². The largest absolute Gasteiger partial charge is 0.468 e. The van der Waals surface area contributed by atoms with Crippen molar-refractivity contribution in [2.75, 3.05) is 19.0 Å². The van der Waals surface area contributed by atoms with Gasteiger partial charge in [0.05, 0.1) is 19.3 Å². The lowest BCUT2D eigenvalue weighted by Crippen LogP contribution is -2.23. The summed E-state index contributed by atoms with van der Waals surface area (Å²) in [6.07, 6.45) is 0. The van der Waals surface area contributed by atoms with Crippen LogP contribution in [0, 0.1) is 0 Å². The first kappa shape index (κ1) is 12.7. The van der Waals surface area contributed by atoms with Gasteiger partial charge in [-0.3, -0.25) is 9.59 Å². The van der Waals surface area contributed by atoms with Crippen molar-refractivity contribution in [2.45, 2.75) is 13.5 Å². The zero-order chi connectivity index (χ0) is 12.0. The van der Waals surface area contributed by atoms with Gasteiger partial charge in [-0.05, 0) is 11.4 Å². The molecule has 0 aliphatic rings. The first-order valence-electron chi connectivity index (χ1n) is 4.75. The van der Waals surface area contributed by atoms with Crippen molar-refractivity contribution in [3.05, 3.63) is 16.3 Å². The van der Waals surface area contributed by atoms with E-state index in [1.165, 1.54) is 25.4 Å². The fourth-order valence-electron chi connectivity index (χ4n) is 1.13. The summed E-state index contributed by atoms with van der Waals surface area (Å²) in [5.74, 6) is -0.412. The Morgan fingerprint density at radius 1 is 1.50 bits per heavy atom. The zero-order valence-corrected chi connectivity index (χ0v) is 10.0. The molecular weight excluding hydrogens is 228 g/mol. The predicted octanol–water partition coefficient (Wildman–Crippen LogP) is 0.969. The average Bonchev–Trinajstić information content (AvgIpc) is 2.64. The second-order valence-electron chi connectivity index (χ2n) is 3.12. The topological polar surface area (TPSA) is 67.4 Å². The van der Waals surface area contributed by atoms with E-state index in [9.17, 15) is 9.59 Å². The number of nitrogens with one attached hydrogen (secondary N) is 2. The molecule has 1 aromatic rings. The molecular formula is C10H14N2O3S. The minimum atomic E-state index is -0.308. The van der Waals surface area contributed by atoms with Crippen molar-refractivity contribution in [3.63, 3.8) is 0 Å². The molecule has 0 aliphatic carbocycles. The van der Waals surface area contributed by atoms with Gasteiger partial charge < -0.3 is 15.4 Å².